The van der Waals surface area contributed by atoms with E-state index in [2.05, 4.69) is 21.1 Å². The third-order valence-electron chi connectivity index (χ3n) is 3.65. The van der Waals surface area contributed by atoms with Crippen molar-refractivity contribution in [1.82, 2.24) is 10.1 Å². The molecule has 2 N–H and O–H groups in total. The van der Waals surface area contributed by atoms with E-state index >= 15 is 0 Å². The van der Waals surface area contributed by atoms with Crippen LogP contribution in [0.2, 0.25) is 0 Å². The van der Waals surface area contributed by atoms with E-state index in [0.717, 1.165) is 24.3 Å². The van der Waals surface area contributed by atoms with E-state index in [1.165, 1.54) is 5.56 Å². The normalized spacial score (nSPS) is 13.6. The average Bonchev–Trinajstić information content (AvgIpc) is 3.19. The molecule has 0 spiro atoms. The van der Waals surface area contributed by atoms with Crippen molar-refractivity contribution in [3.63, 3.8) is 0 Å². The summed E-state index contributed by atoms with van der Waals surface area (Å²) in [7, 11) is 0. The molecule has 1 aromatic carbocycles. The number of rotatable bonds is 3. The lowest BCUT2D eigenvalue weighted by Crippen LogP contribution is -2.20. The Morgan fingerprint density at radius 3 is 3.05 bits per heavy atom. The van der Waals surface area contributed by atoms with E-state index in [1.54, 1.807) is 18.4 Å². The van der Waals surface area contributed by atoms with Gasteiger partial charge in [0, 0.05) is 6.54 Å². The van der Waals surface area contributed by atoms with Gasteiger partial charge in [-0.3, -0.25) is 0 Å². The van der Waals surface area contributed by atoms with Crippen LogP contribution in [-0.4, -0.2) is 16.7 Å². The second-order valence-corrected chi connectivity index (χ2v) is 5.02. The minimum Gasteiger partial charge on any atom is -0.461 e. The Kier molecular flexibility index (Phi) is 2.67. The van der Waals surface area contributed by atoms with Crippen LogP contribution >= 0.6 is 0 Å². The van der Waals surface area contributed by atoms with Gasteiger partial charge in [0.05, 0.1) is 24.2 Å². The third kappa shape index (κ3) is 2.05. The zero-order valence-corrected chi connectivity index (χ0v) is 11.3. The van der Waals surface area contributed by atoms with Gasteiger partial charge in [-0.15, -0.1) is 0 Å². The molecule has 2 aromatic heterocycles. The Morgan fingerprint density at radius 1 is 1.24 bits per heavy atom. The first-order valence-corrected chi connectivity index (χ1v) is 6.80. The molecule has 106 valence electrons. The number of nitrogen functional groups attached to an aromatic ring is 1. The summed E-state index contributed by atoms with van der Waals surface area (Å²) < 4.78 is 10.6. The van der Waals surface area contributed by atoms with Crippen molar-refractivity contribution in [2.45, 2.75) is 13.0 Å². The molecule has 3 aromatic rings. The zero-order chi connectivity index (χ0) is 14.2. The van der Waals surface area contributed by atoms with Crippen LogP contribution in [0.4, 0.5) is 11.4 Å². The highest BCUT2D eigenvalue weighted by atomic mass is 16.5. The molecule has 0 saturated heterocycles. The summed E-state index contributed by atoms with van der Waals surface area (Å²) in [5.74, 6) is 1.62. The zero-order valence-electron chi connectivity index (χ0n) is 11.3. The molecule has 6 heteroatoms. The summed E-state index contributed by atoms with van der Waals surface area (Å²) in [5.41, 5.74) is 9.21. The van der Waals surface area contributed by atoms with Crippen LogP contribution in [0.5, 0.6) is 0 Å². The van der Waals surface area contributed by atoms with E-state index < -0.39 is 0 Å². The van der Waals surface area contributed by atoms with Crippen LogP contribution < -0.4 is 10.6 Å². The fraction of sp³-hybridized carbons (Fsp3) is 0.200. The number of furan rings is 1. The largest absolute Gasteiger partial charge is 0.461 e. The molecule has 6 nitrogen and oxygen atoms in total. The first kappa shape index (κ1) is 12.0. The molecule has 21 heavy (non-hydrogen) atoms. The lowest BCUT2D eigenvalue weighted by atomic mass is 10.1. The average molecular weight is 282 g/mol. The number of hydrogen-bond acceptors (Lipinski definition) is 6. The van der Waals surface area contributed by atoms with Gasteiger partial charge in [0.15, 0.2) is 5.76 Å². The van der Waals surface area contributed by atoms with Crippen molar-refractivity contribution in [1.29, 1.82) is 0 Å². The van der Waals surface area contributed by atoms with Gasteiger partial charge in [0.2, 0.25) is 11.7 Å². The first-order chi connectivity index (χ1) is 10.3. The number of nitrogens with zero attached hydrogens (tertiary/aromatic N) is 3. The number of benzene rings is 1. The molecule has 0 fully saturated rings. The molecule has 0 amide bonds. The number of nitrogens with two attached hydrogens (primary N) is 1. The predicted octanol–water partition coefficient (Wildman–Crippen LogP) is 2.47. The number of fused-ring (bicyclic) bond motifs is 1. The molecule has 1 aliphatic rings. The highest BCUT2D eigenvalue weighted by molar-refractivity contribution is 5.74. The van der Waals surface area contributed by atoms with E-state index in [1.807, 2.05) is 12.1 Å². The van der Waals surface area contributed by atoms with E-state index in [0.29, 0.717) is 24.0 Å². The molecule has 0 saturated carbocycles. The summed E-state index contributed by atoms with van der Waals surface area (Å²) in [4.78, 5) is 6.54. The maximum Gasteiger partial charge on any atom is 0.246 e. The second kappa shape index (κ2) is 4.66. The monoisotopic (exact) mass is 282 g/mol. The fourth-order valence-electron chi connectivity index (χ4n) is 2.71. The van der Waals surface area contributed by atoms with Crippen LogP contribution in [0, 0.1) is 0 Å². The Morgan fingerprint density at radius 2 is 2.19 bits per heavy atom. The fourth-order valence-corrected chi connectivity index (χ4v) is 2.71. The molecule has 0 unspecified atom stereocenters. The number of para-hydroxylation sites is 1. The smallest absolute Gasteiger partial charge is 0.246 e. The maximum absolute atomic E-state index is 6.08. The van der Waals surface area contributed by atoms with Gasteiger partial charge >= 0.3 is 0 Å². The molecule has 4 rings (SSSR count). The molecule has 0 bridgehead atoms. The van der Waals surface area contributed by atoms with Crippen LogP contribution in [-0.2, 0) is 13.0 Å². The van der Waals surface area contributed by atoms with E-state index in [4.69, 9.17) is 14.7 Å². The van der Waals surface area contributed by atoms with Crippen molar-refractivity contribution in [3.8, 4) is 11.6 Å². The van der Waals surface area contributed by atoms with Crippen LogP contribution in [0.1, 0.15) is 11.5 Å². The maximum atomic E-state index is 6.08. The summed E-state index contributed by atoms with van der Waals surface area (Å²) in [6, 6.07) is 9.60. The summed E-state index contributed by atoms with van der Waals surface area (Å²) in [5, 5.41) is 3.94. The molecule has 1 aliphatic heterocycles. The van der Waals surface area contributed by atoms with Gasteiger partial charge in [-0.1, -0.05) is 17.3 Å². The first-order valence-electron chi connectivity index (χ1n) is 6.80. The van der Waals surface area contributed by atoms with Crippen molar-refractivity contribution in [3.05, 3.63) is 48.0 Å². The van der Waals surface area contributed by atoms with Crippen LogP contribution in [0.25, 0.3) is 11.6 Å². The Balaban J connectivity index is 1.59. The van der Waals surface area contributed by atoms with Gasteiger partial charge in [0.25, 0.3) is 0 Å². The number of aromatic nitrogens is 2. The molecule has 0 atom stereocenters. The van der Waals surface area contributed by atoms with Gasteiger partial charge in [0.1, 0.15) is 0 Å². The Bertz CT molecular complexity index is 764. The SMILES string of the molecule is Nc1cccc2c1N(Cc1nc(-c3ccco3)no1)CC2. The molecular weight excluding hydrogens is 268 g/mol. The quantitative estimate of drug-likeness (QED) is 0.743. The standard InChI is InChI=1S/C15H14N4O2/c16-11-4-1-3-10-6-7-19(14(10)11)9-13-17-15(18-21-13)12-5-2-8-20-12/h1-5,8H,6-7,9,16H2. The third-order valence-corrected chi connectivity index (χ3v) is 3.65. The topological polar surface area (TPSA) is 81.3 Å². The van der Waals surface area contributed by atoms with Gasteiger partial charge in [-0.2, -0.15) is 4.98 Å². The lowest BCUT2D eigenvalue weighted by molar-refractivity contribution is 0.376. The van der Waals surface area contributed by atoms with Gasteiger partial charge in [-0.25, -0.2) is 0 Å². The predicted molar refractivity (Wildman–Crippen MR) is 77.6 cm³/mol. The Labute approximate surface area is 121 Å². The van der Waals surface area contributed by atoms with E-state index in [-0.39, 0.29) is 0 Å². The summed E-state index contributed by atoms with van der Waals surface area (Å²) in [6.07, 6.45) is 2.57. The number of hydrogen-bond donors (Lipinski definition) is 1. The summed E-state index contributed by atoms with van der Waals surface area (Å²) in [6.45, 7) is 1.46. The van der Waals surface area contributed by atoms with Crippen LogP contribution in [0.15, 0.2) is 45.5 Å². The molecule has 0 aliphatic carbocycles. The minimum atomic E-state index is 0.468. The molecular formula is C15H14N4O2. The minimum absolute atomic E-state index is 0.468. The lowest BCUT2D eigenvalue weighted by Gasteiger charge is -2.18. The van der Waals surface area contributed by atoms with E-state index in [9.17, 15) is 0 Å². The van der Waals surface area contributed by atoms with Crippen molar-refractivity contribution in [2.75, 3.05) is 17.2 Å². The highest BCUT2D eigenvalue weighted by Crippen LogP contribution is 2.34. The van der Waals surface area contributed by atoms with Crippen LogP contribution in [0.3, 0.4) is 0 Å². The van der Waals surface area contributed by atoms with Gasteiger partial charge < -0.3 is 19.6 Å². The molecule has 3 heterocycles. The highest BCUT2D eigenvalue weighted by Gasteiger charge is 2.23. The van der Waals surface area contributed by atoms with Crippen molar-refractivity contribution >= 4 is 11.4 Å². The molecule has 0 radical (unpaired) electrons. The van der Waals surface area contributed by atoms with Crippen molar-refractivity contribution in [2.24, 2.45) is 0 Å². The second-order valence-electron chi connectivity index (χ2n) is 5.02. The Hall–Kier alpha value is -2.76. The number of anilines is 2. The summed E-state index contributed by atoms with van der Waals surface area (Å²) >= 11 is 0. The van der Waals surface area contributed by atoms with Crippen molar-refractivity contribution < 1.29 is 8.94 Å². The van der Waals surface area contributed by atoms with Gasteiger partial charge in [-0.05, 0) is 30.2 Å².